The number of rotatable bonds is 3. The highest BCUT2D eigenvalue weighted by molar-refractivity contribution is 7.89. The molecule has 25 heavy (non-hydrogen) atoms. The highest BCUT2D eigenvalue weighted by Gasteiger charge is 2.30. The molecule has 0 aliphatic carbocycles. The van der Waals surface area contributed by atoms with Crippen LogP contribution in [-0.4, -0.2) is 62.4 Å². The predicted molar refractivity (Wildman–Crippen MR) is 94.9 cm³/mol. The summed E-state index contributed by atoms with van der Waals surface area (Å²) in [4.78, 5) is 14.7. The number of amides is 1. The Morgan fingerprint density at radius 1 is 1.16 bits per heavy atom. The first-order valence-electron chi connectivity index (χ1n) is 8.89. The van der Waals surface area contributed by atoms with Gasteiger partial charge in [-0.25, -0.2) is 8.42 Å². The first-order valence-corrected chi connectivity index (χ1v) is 10.3. The van der Waals surface area contributed by atoms with Crippen molar-refractivity contribution in [2.75, 3.05) is 32.8 Å². The van der Waals surface area contributed by atoms with Gasteiger partial charge in [0.05, 0.1) is 17.6 Å². The predicted octanol–water partition coefficient (Wildman–Crippen LogP) is 1.97. The summed E-state index contributed by atoms with van der Waals surface area (Å²) in [5.41, 5.74) is 0.442. The molecular weight excluding hydrogens is 340 g/mol. The molecule has 1 unspecified atom stereocenters. The van der Waals surface area contributed by atoms with Gasteiger partial charge in [-0.15, -0.1) is 0 Å². The second-order valence-electron chi connectivity index (χ2n) is 7.05. The zero-order valence-corrected chi connectivity index (χ0v) is 15.7. The SMILES string of the molecule is CC1CCN(C(=O)c2cccc(S(=O)(=O)N3CCOC(C)C3)c2)CC1. The molecule has 0 saturated carbocycles. The van der Waals surface area contributed by atoms with Crippen molar-refractivity contribution < 1.29 is 17.9 Å². The number of benzene rings is 1. The molecule has 2 aliphatic heterocycles. The van der Waals surface area contributed by atoms with Gasteiger partial charge in [-0.3, -0.25) is 4.79 Å². The van der Waals surface area contributed by atoms with Crippen molar-refractivity contribution in [3.63, 3.8) is 0 Å². The van der Waals surface area contributed by atoms with Crippen molar-refractivity contribution in [3.8, 4) is 0 Å². The van der Waals surface area contributed by atoms with E-state index in [1.165, 1.54) is 10.4 Å². The Balaban J connectivity index is 1.80. The Morgan fingerprint density at radius 3 is 2.56 bits per heavy atom. The zero-order valence-electron chi connectivity index (χ0n) is 14.8. The van der Waals surface area contributed by atoms with E-state index in [2.05, 4.69) is 6.92 Å². The van der Waals surface area contributed by atoms with Gasteiger partial charge in [0, 0.05) is 31.7 Å². The second-order valence-corrected chi connectivity index (χ2v) is 8.98. The quantitative estimate of drug-likeness (QED) is 0.820. The molecule has 0 aromatic heterocycles. The molecule has 3 rings (SSSR count). The lowest BCUT2D eigenvalue weighted by atomic mass is 9.98. The number of carbonyl (C=O) groups is 1. The Hall–Kier alpha value is -1.44. The minimum atomic E-state index is -3.61. The number of carbonyl (C=O) groups excluding carboxylic acids is 1. The van der Waals surface area contributed by atoms with Crippen LogP contribution < -0.4 is 0 Å². The third-order valence-electron chi connectivity index (χ3n) is 4.99. The van der Waals surface area contributed by atoms with Crippen molar-refractivity contribution >= 4 is 15.9 Å². The lowest BCUT2D eigenvalue weighted by Gasteiger charge is -2.31. The summed E-state index contributed by atoms with van der Waals surface area (Å²) in [5.74, 6) is 0.554. The van der Waals surface area contributed by atoms with Gasteiger partial charge in [0.2, 0.25) is 10.0 Å². The van der Waals surface area contributed by atoms with Crippen molar-refractivity contribution in [1.82, 2.24) is 9.21 Å². The maximum Gasteiger partial charge on any atom is 0.253 e. The average molecular weight is 366 g/mol. The number of ether oxygens (including phenoxy) is 1. The standard InChI is InChI=1S/C18H26N2O4S/c1-14-6-8-19(9-7-14)18(21)16-4-3-5-17(12-16)25(22,23)20-10-11-24-15(2)13-20/h3-5,12,14-15H,6-11,13H2,1-2H3. The highest BCUT2D eigenvalue weighted by atomic mass is 32.2. The van der Waals surface area contributed by atoms with Crippen LogP contribution in [0, 0.1) is 5.92 Å². The van der Waals surface area contributed by atoms with E-state index >= 15 is 0 Å². The van der Waals surface area contributed by atoms with E-state index in [-0.39, 0.29) is 16.9 Å². The minimum absolute atomic E-state index is 0.0840. The Labute approximate surface area is 149 Å². The Bertz CT molecular complexity index is 726. The highest BCUT2D eigenvalue weighted by Crippen LogP contribution is 2.22. The molecule has 6 nitrogen and oxygen atoms in total. The number of nitrogens with zero attached hydrogens (tertiary/aromatic N) is 2. The van der Waals surface area contributed by atoms with Gasteiger partial charge in [0.15, 0.2) is 0 Å². The molecule has 2 heterocycles. The van der Waals surface area contributed by atoms with Gasteiger partial charge in [0.25, 0.3) is 5.91 Å². The van der Waals surface area contributed by atoms with E-state index in [1.807, 2.05) is 11.8 Å². The average Bonchev–Trinajstić information content (AvgIpc) is 2.62. The first-order chi connectivity index (χ1) is 11.9. The molecule has 0 radical (unpaired) electrons. The number of hydrogen-bond donors (Lipinski definition) is 0. The first kappa shape index (κ1) is 18.4. The largest absolute Gasteiger partial charge is 0.376 e. The van der Waals surface area contributed by atoms with Crippen LogP contribution in [0.3, 0.4) is 0 Å². The van der Waals surface area contributed by atoms with Crippen LogP contribution in [-0.2, 0) is 14.8 Å². The molecule has 0 bridgehead atoms. The minimum Gasteiger partial charge on any atom is -0.376 e. The smallest absolute Gasteiger partial charge is 0.253 e. The van der Waals surface area contributed by atoms with Gasteiger partial charge >= 0.3 is 0 Å². The molecule has 0 N–H and O–H groups in total. The maximum atomic E-state index is 12.9. The van der Waals surface area contributed by atoms with Gasteiger partial charge in [-0.1, -0.05) is 13.0 Å². The van der Waals surface area contributed by atoms with E-state index in [0.29, 0.717) is 31.2 Å². The second kappa shape index (κ2) is 7.43. The monoisotopic (exact) mass is 366 g/mol. The lowest BCUT2D eigenvalue weighted by Crippen LogP contribution is -2.44. The van der Waals surface area contributed by atoms with E-state index in [4.69, 9.17) is 4.74 Å². The summed E-state index contributed by atoms with van der Waals surface area (Å²) < 4.78 is 32.6. The normalized spacial score (nSPS) is 23.6. The summed E-state index contributed by atoms with van der Waals surface area (Å²) >= 11 is 0. The number of likely N-dealkylation sites (tertiary alicyclic amines) is 1. The van der Waals surface area contributed by atoms with Gasteiger partial charge in [0.1, 0.15) is 0 Å². The fraction of sp³-hybridized carbons (Fsp3) is 0.611. The third kappa shape index (κ3) is 4.04. The molecule has 1 aromatic rings. The number of piperidine rings is 1. The zero-order chi connectivity index (χ0) is 18.0. The van der Waals surface area contributed by atoms with Crippen LogP contribution in [0.1, 0.15) is 37.0 Å². The van der Waals surface area contributed by atoms with E-state index in [0.717, 1.165) is 25.9 Å². The maximum absolute atomic E-state index is 12.9. The molecule has 2 aliphatic rings. The molecule has 1 aromatic carbocycles. The van der Waals surface area contributed by atoms with Crippen LogP contribution in [0.2, 0.25) is 0 Å². The molecule has 138 valence electrons. The van der Waals surface area contributed by atoms with Gasteiger partial charge < -0.3 is 9.64 Å². The molecule has 7 heteroatoms. The van der Waals surface area contributed by atoms with Crippen molar-refractivity contribution in [1.29, 1.82) is 0 Å². The van der Waals surface area contributed by atoms with E-state index < -0.39 is 10.0 Å². The topological polar surface area (TPSA) is 66.9 Å². The summed E-state index contributed by atoms with van der Waals surface area (Å²) in [7, 11) is -3.61. The molecule has 1 atom stereocenters. The molecule has 2 saturated heterocycles. The molecule has 1 amide bonds. The van der Waals surface area contributed by atoms with Crippen LogP contribution in [0.15, 0.2) is 29.2 Å². The number of sulfonamides is 1. The molecular formula is C18H26N2O4S. The summed E-state index contributed by atoms with van der Waals surface area (Å²) in [6, 6.07) is 6.41. The fourth-order valence-electron chi connectivity index (χ4n) is 3.34. The molecule has 0 spiro atoms. The van der Waals surface area contributed by atoms with Gasteiger partial charge in [-0.05, 0) is 43.9 Å². The summed E-state index contributed by atoms with van der Waals surface area (Å²) in [5, 5.41) is 0. The van der Waals surface area contributed by atoms with E-state index in [9.17, 15) is 13.2 Å². The Morgan fingerprint density at radius 2 is 1.88 bits per heavy atom. The molecule has 2 fully saturated rings. The number of hydrogen-bond acceptors (Lipinski definition) is 4. The van der Waals surface area contributed by atoms with E-state index in [1.54, 1.807) is 18.2 Å². The van der Waals surface area contributed by atoms with Crippen LogP contribution in [0.4, 0.5) is 0 Å². The third-order valence-corrected chi connectivity index (χ3v) is 6.85. The van der Waals surface area contributed by atoms with Crippen molar-refractivity contribution in [2.45, 2.75) is 37.7 Å². The van der Waals surface area contributed by atoms with Crippen LogP contribution in [0.5, 0.6) is 0 Å². The number of morpholine rings is 1. The Kier molecular flexibility index (Phi) is 5.46. The van der Waals surface area contributed by atoms with Crippen molar-refractivity contribution in [2.24, 2.45) is 5.92 Å². The van der Waals surface area contributed by atoms with Crippen LogP contribution in [0.25, 0.3) is 0 Å². The fourth-order valence-corrected chi connectivity index (χ4v) is 4.88. The van der Waals surface area contributed by atoms with Crippen molar-refractivity contribution in [3.05, 3.63) is 29.8 Å². The summed E-state index contributed by atoms with van der Waals surface area (Å²) in [6.45, 7) is 6.59. The summed E-state index contributed by atoms with van der Waals surface area (Å²) in [6.07, 6.45) is 1.87. The lowest BCUT2D eigenvalue weighted by molar-refractivity contribution is 0.0102. The van der Waals surface area contributed by atoms with Crippen LogP contribution >= 0.6 is 0 Å². The van der Waals surface area contributed by atoms with Gasteiger partial charge in [-0.2, -0.15) is 4.31 Å².